The second-order valence-corrected chi connectivity index (χ2v) is 5.39. The number of guanidine groups is 1. The Bertz CT molecular complexity index is 670. The normalized spacial score (nSPS) is 11.2. The first-order valence-corrected chi connectivity index (χ1v) is 7.59. The van der Waals surface area contributed by atoms with E-state index in [1.54, 1.807) is 20.4 Å². The first kappa shape index (κ1) is 16.8. The molecule has 5 heteroatoms. The van der Waals surface area contributed by atoms with Gasteiger partial charge in [0.1, 0.15) is 0 Å². The lowest BCUT2D eigenvalue weighted by Crippen LogP contribution is -2.38. The van der Waals surface area contributed by atoms with Gasteiger partial charge in [0, 0.05) is 39.4 Å². The zero-order valence-electron chi connectivity index (χ0n) is 14.2. The Balaban J connectivity index is 1.98. The number of methoxy groups -OCH3 is 1. The Morgan fingerprint density at radius 3 is 2.78 bits per heavy atom. The number of aliphatic imine (C=N–C) groups is 1. The smallest absolute Gasteiger partial charge is 0.213 e. The fourth-order valence-corrected chi connectivity index (χ4v) is 2.36. The second-order valence-electron chi connectivity index (χ2n) is 5.39. The number of benzene rings is 1. The van der Waals surface area contributed by atoms with Gasteiger partial charge in [0.25, 0.3) is 0 Å². The molecule has 5 nitrogen and oxygen atoms in total. The number of aryl methyl sites for hydroxylation is 1. The van der Waals surface area contributed by atoms with E-state index in [0.29, 0.717) is 12.4 Å². The maximum Gasteiger partial charge on any atom is 0.213 e. The number of hydrogen-bond acceptors (Lipinski definition) is 3. The average molecular weight is 312 g/mol. The molecule has 0 amide bonds. The van der Waals surface area contributed by atoms with Crippen LogP contribution in [-0.4, -0.2) is 37.0 Å². The first-order chi connectivity index (χ1) is 11.1. The van der Waals surface area contributed by atoms with Crippen LogP contribution in [0.5, 0.6) is 5.88 Å². The Morgan fingerprint density at radius 2 is 2.09 bits per heavy atom. The summed E-state index contributed by atoms with van der Waals surface area (Å²) in [6, 6.07) is 12.3. The SMILES string of the molecule is CN=C(NCc1ccnc(OC)c1)N(C)Cc1ccccc1C. The molecule has 23 heavy (non-hydrogen) atoms. The largest absolute Gasteiger partial charge is 0.481 e. The highest BCUT2D eigenvalue weighted by Crippen LogP contribution is 2.10. The molecule has 122 valence electrons. The van der Waals surface area contributed by atoms with Gasteiger partial charge in [-0.25, -0.2) is 4.98 Å². The number of pyridine rings is 1. The second kappa shape index (κ2) is 8.17. The minimum Gasteiger partial charge on any atom is -0.481 e. The summed E-state index contributed by atoms with van der Waals surface area (Å²) in [7, 11) is 5.45. The standard InChI is InChI=1S/C18H24N4O/c1-14-7-5-6-8-16(14)13-22(3)18(19-2)21-12-15-9-10-20-17(11-15)23-4/h5-11H,12-13H2,1-4H3,(H,19,21). The van der Waals surface area contributed by atoms with Crippen molar-refractivity contribution < 1.29 is 4.74 Å². The highest BCUT2D eigenvalue weighted by atomic mass is 16.5. The number of ether oxygens (including phenoxy) is 1. The average Bonchev–Trinajstić information content (AvgIpc) is 2.57. The van der Waals surface area contributed by atoms with E-state index in [1.807, 2.05) is 19.2 Å². The Hall–Kier alpha value is -2.56. The van der Waals surface area contributed by atoms with E-state index in [2.05, 4.69) is 51.4 Å². The van der Waals surface area contributed by atoms with Gasteiger partial charge >= 0.3 is 0 Å². The Morgan fingerprint density at radius 1 is 1.30 bits per heavy atom. The predicted molar refractivity (Wildman–Crippen MR) is 93.6 cm³/mol. The van der Waals surface area contributed by atoms with Gasteiger partial charge in [-0.05, 0) is 29.7 Å². The molecule has 0 fully saturated rings. The first-order valence-electron chi connectivity index (χ1n) is 7.59. The molecule has 1 aromatic heterocycles. The summed E-state index contributed by atoms with van der Waals surface area (Å²) in [5, 5.41) is 3.37. The van der Waals surface area contributed by atoms with Gasteiger partial charge in [-0.15, -0.1) is 0 Å². The molecule has 0 saturated carbocycles. The molecule has 1 heterocycles. The lowest BCUT2D eigenvalue weighted by Gasteiger charge is -2.23. The number of nitrogens with zero attached hydrogens (tertiary/aromatic N) is 3. The maximum absolute atomic E-state index is 5.15. The number of rotatable bonds is 5. The van der Waals surface area contributed by atoms with Gasteiger partial charge in [-0.1, -0.05) is 24.3 Å². The van der Waals surface area contributed by atoms with E-state index in [1.165, 1.54) is 11.1 Å². The van der Waals surface area contributed by atoms with Crippen molar-refractivity contribution in [1.82, 2.24) is 15.2 Å². The fourth-order valence-electron chi connectivity index (χ4n) is 2.36. The van der Waals surface area contributed by atoms with E-state index >= 15 is 0 Å². The summed E-state index contributed by atoms with van der Waals surface area (Å²) in [5.74, 6) is 1.47. The monoisotopic (exact) mass is 312 g/mol. The van der Waals surface area contributed by atoms with Crippen molar-refractivity contribution in [2.24, 2.45) is 4.99 Å². The van der Waals surface area contributed by atoms with E-state index in [-0.39, 0.29) is 0 Å². The summed E-state index contributed by atoms with van der Waals surface area (Å²) in [6.07, 6.45) is 1.75. The lowest BCUT2D eigenvalue weighted by molar-refractivity contribution is 0.397. The molecule has 0 radical (unpaired) electrons. The van der Waals surface area contributed by atoms with Crippen LogP contribution in [0.4, 0.5) is 0 Å². The van der Waals surface area contributed by atoms with Gasteiger partial charge in [0.05, 0.1) is 7.11 Å². The summed E-state index contributed by atoms with van der Waals surface area (Å²) in [6.45, 7) is 3.61. The summed E-state index contributed by atoms with van der Waals surface area (Å²) < 4.78 is 5.15. The summed E-state index contributed by atoms with van der Waals surface area (Å²) >= 11 is 0. The third kappa shape index (κ3) is 4.71. The van der Waals surface area contributed by atoms with Gasteiger partial charge in [0.2, 0.25) is 5.88 Å². The number of aromatic nitrogens is 1. The molecule has 2 aromatic rings. The van der Waals surface area contributed by atoms with Crippen LogP contribution >= 0.6 is 0 Å². The molecule has 0 bridgehead atoms. The predicted octanol–water partition coefficient (Wildman–Crippen LogP) is 2.61. The van der Waals surface area contributed by atoms with Crippen LogP contribution in [0.1, 0.15) is 16.7 Å². The van der Waals surface area contributed by atoms with Crippen LogP contribution in [0.25, 0.3) is 0 Å². The fraction of sp³-hybridized carbons (Fsp3) is 0.333. The molecule has 0 unspecified atom stereocenters. The van der Waals surface area contributed by atoms with Crippen LogP contribution in [0.15, 0.2) is 47.6 Å². The maximum atomic E-state index is 5.15. The van der Waals surface area contributed by atoms with Crippen molar-refractivity contribution in [3.63, 3.8) is 0 Å². The Kier molecular flexibility index (Phi) is 5.97. The number of nitrogens with one attached hydrogen (secondary N) is 1. The van der Waals surface area contributed by atoms with Crippen LogP contribution in [0, 0.1) is 6.92 Å². The van der Waals surface area contributed by atoms with Crippen molar-refractivity contribution in [3.05, 3.63) is 59.3 Å². The van der Waals surface area contributed by atoms with Gasteiger partial charge in [-0.2, -0.15) is 0 Å². The third-order valence-corrected chi connectivity index (χ3v) is 3.70. The molecule has 0 saturated heterocycles. The molecule has 1 aromatic carbocycles. The molecular weight excluding hydrogens is 288 g/mol. The van der Waals surface area contributed by atoms with Crippen LogP contribution in [-0.2, 0) is 13.1 Å². The molecule has 2 rings (SSSR count). The molecule has 0 aliphatic rings. The molecule has 0 aliphatic heterocycles. The molecule has 0 spiro atoms. The topological polar surface area (TPSA) is 49.8 Å². The van der Waals surface area contributed by atoms with Gasteiger partial charge in [0.15, 0.2) is 5.96 Å². The Labute approximate surface area is 138 Å². The highest BCUT2D eigenvalue weighted by molar-refractivity contribution is 5.79. The van der Waals surface area contributed by atoms with Crippen molar-refractivity contribution in [1.29, 1.82) is 0 Å². The minimum atomic E-state index is 0.618. The molecule has 0 atom stereocenters. The van der Waals surface area contributed by atoms with E-state index in [9.17, 15) is 0 Å². The summed E-state index contributed by atoms with van der Waals surface area (Å²) in [5.41, 5.74) is 3.68. The quantitative estimate of drug-likeness (QED) is 0.681. The van der Waals surface area contributed by atoms with Crippen LogP contribution in [0.3, 0.4) is 0 Å². The van der Waals surface area contributed by atoms with Crippen molar-refractivity contribution >= 4 is 5.96 Å². The number of hydrogen-bond donors (Lipinski definition) is 1. The summed E-state index contributed by atoms with van der Waals surface area (Å²) in [4.78, 5) is 10.6. The van der Waals surface area contributed by atoms with Crippen molar-refractivity contribution in [2.45, 2.75) is 20.0 Å². The van der Waals surface area contributed by atoms with Crippen molar-refractivity contribution in [2.75, 3.05) is 21.2 Å². The lowest BCUT2D eigenvalue weighted by atomic mass is 10.1. The zero-order valence-corrected chi connectivity index (χ0v) is 14.2. The molecule has 1 N–H and O–H groups in total. The minimum absolute atomic E-state index is 0.618. The van der Waals surface area contributed by atoms with E-state index in [0.717, 1.165) is 18.1 Å². The zero-order chi connectivity index (χ0) is 16.7. The molecular formula is C18H24N4O. The van der Waals surface area contributed by atoms with Crippen LogP contribution in [0.2, 0.25) is 0 Å². The van der Waals surface area contributed by atoms with Gasteiger partial charge < -0.3 is 15.0 Å². The van der Waals surface area contributed by atoms with E-state index in [4.69, 9.17) is 4.74 Å². The molecule has 0 aliphatic carbocycles. The van der Waals surface area contributed by atoms with E-state index < -0.39 is 0 Å². The third-order valence-electron chi connectivity index (χ3n) is 3.70. The van der Waals surface area contributed by atoms with Crippen molar-refractivity contribution in [3.8, 4) is 5.88 Å². The highest BCUT2D eigenvalue weighted by Gasteiger charge is 2.08. The van der Waals surface area contributed by atoms with Gasteiger partial charge in [-0.3, -0.25) is 4.99 Å². The van der Waals surface area contributed by atoms with Crippen LogP contribution < -0.4 is 10.1 Å².